The fraction of sp³-hybridized carbons (Fsp3) is 0.667. The molecule has 8 heteroatoms. The van der Waals surface area contributed by atoms with Crippen molar-refractivity contribution < 1.29 is 14.7 Å². The van der Waals surface area contributed by atoms with Crippen molar-refractivity contribution in [3.8, 4) is 0 Å². The molecule has 2 heterocycles. The Kier molecular flexibility index (Phi) is 4.33. The minimum absolute atomic E-state index is 0.0151. The van der Waals surface area contributed by atoms with Gasteiger partial charge in [-0.2, -0.15) is 0 Å². The molecule has 1 atom stereocenters. The Labute approximate surface area is 116 Å². The Morgan fingerprint density at radius 2 is 2.25 bits per heavy atom. The standard InChI is InChI=1S/C12H19N5O3/c1-8(3-2-4-13)11(18)16-5-9(6-16)17-7-10(12(19)20)14-15-17/h7-9H,2-6,13H2,1H3,(H,19,20). The van der Waals surface area contributed by atoms with Crippen LogP contribution in [0.4, 0.5) is 0 Å². The number of nitrogens with zero attached hydrogens (tertiary/aromatic N) is 4. The van der Waals surface area contributed by atoms with E-state index in [1.807, 2.05) is 6.92 Å². The van der Waals surface area contributed by atoms with Crippen LogP contribution >= 0.6 is 0 Å². The van der Waals surface area contributed by atoms with E-state index in [2.05, 4.69) is 10.3 Å². The number of amides is 1. The topological polar surface area (TPSA) is 114 Å². The van der Waals surface area contributed by atoms with E-state index in [0.29, 0.717) is 19.6 Å². The average Bonchev–Trinajstić information content (AvgIpc) is 2.83. The monoisotopic (exact) mass is 281 g/mol. The SMILES string of the molecule is CC(CCCN)C(=O)N1CC(n2cc(C(=O)O)nn2)C1. The zero-order chi connectivity index (χ0) is 14.7. The van der Waals surface area contributed by atoms with Crippen molar-refractivity contribution in [1.29, 1.82) is 0 Å². The Morgan fingerprint density at radius 3 is 2.80 bits per heavy atom. The van der Waals surface area contributed by atoms with Gasteiger partial charge in [0.15, 0.2) is 5.69 Å². The van der Waals surface area contributed by atoms with Gasteiger partial charge in [0.1, 0.15) is 0 Å². The predicted octanol–water partition coefficient (Wildman–Crippen LogP) is -0.265. The molecule has 1 aliphatic rings. The molecule has 110 valence electrons. The van der Waals surface area contributed by atoms with Gasteiger partial charge in [-0.25, -0.2) is 9.48 Å². The average molecular weight is 281 g/mol. The van der Waals surface area contributed by atoms with E-state index in [1.165, 1.54) is 10.9 Å². The Balaban J connectivity index is 1.84. The van der Waals surface area contributed by atoms with Crippen LogP contribution in [0.3, 0.4) is 0 Å². The van der Waals surface area contributed by atoms with Gasteiger partial charge in [0, 0.05) is 19.0 Å². The molecule has 2 rings (SSSR count). The fourth-order valence-electron chi connectivity index (χ4n) is 2.21. The molecule has 1 saturated heterocycles. The van der Waals surface area contributed by atoms with Crippen LogP contribution in [0.25, 0.3) is 0 Å². The van der Waals surface area contributed by atoms with Crippen LogP contribution in [0.5, 0.6) is 0 Å². The van der Waals surface area contributed by atoms with Crippen molar-refractivity contribution in [2.75, 3.05) is 19.6 Å². The molecular formula is C12H19N5O3. The molecule has 3 N–H and O–H groups in total. The molecule has 1 aromatic heterocycles. The van der Waals surface area contributed by atoms with Crippen molar-refractivity contribution >= 4 is 11.9 Å². The van der Waals surface area contributed by atoms with Gasteiger partial charge in [-0.3, -0.25) is 4.79 Å². The van der Waals surface area contributed by atoms with Gasteiger partial charge in [-0.1, -0.05) is 12.1 Å². The molecule has 0 saturated carbocycles. The first-order chi connectivity index (χ1) is 9.52. The number of aromatic nitrogens is 3. The van der Waals surface area contributed by atoms with Crippen LogP contribution in [-0.2, 0) is 4.79 Å². The lowest BCUT2D eigenvalue weighted by atomic mass is 10.0. The number of likely N-dealkylation sites (tertiary alicyclic amines) is 1. The summed E-state index contributed by atoms with van der Waals surface area (Å²) in [6.07, 6.45) is 3.03. The highest BCUT2D eigenvalue weighted by Crippen LogP contribution is 2.23. The minimum atomic E-state index is -1.10. The summed E-state index contributed by atoms with van der Waals surface area (Å²) in [7, 11) is 0. The zero-order valence-electron chi connectivity index (χ0n) is 11.4. The summed E-state index contributed by atoms with van der Waals surface area (Å²) in [4.78, 5) is 24.5. The van der Waals surface area contributed by atoms with Crippen LogP contribution in [0, 0.1) is 5.92 Å². The zero-order valence-corrected chi connectivity index (χ0v) is 11.4. The molecule has 1 aliphatic heterocycles. The molecule has 0 bridgehead atoms. The second kappa shape index (κ2) is 6.00. The molecule has 1 unspecified atom stereocenters. The summed E-state index contributed by atoms with van der Waals surface area (Å²) >= 11 is 0. The molecule has 0 spiro atoms. The molecule has 20 heavy (non-hydrogen) atoms. The number of nitrogens with two attached hydrogens (primary N) is 1. The Morgan fingerprint density at radius 1 is 1.55 bits per heavy atom. The lowest BCUT2D eigenvalue weighted by Gasteiger charge is -2.40. The van der Waals surface area contributed by atoms with Gasteiger partial charge >= 0.3 is 5.97 Å². The highest BCUT2D eigenvalue weighted by atomic mass is 16.4. The third-order valence-electron chi connectivity index (χ3n) is 3.54. The molecule has 8 nitrogen and oxygen atoms in total. The molecule has 0 aromatic carbocycles. The molecule has 1 fully saturated rings. The second-order valence-electron chi connectivity index (χ2n) is 5.12. The maximum absolute atomic E-state index is 12.1. The first kappa shape index (κ1) is 14.4. The lowest BCUT2D eigenvalue weighted by Crippen LogP contribution is -2.52. The van der Waals surface area contributed by atoms with E-state index in [1.54, 1.807) is 4.90 Å². The van der Waals surface area contributed by atoms with Gasteiger partial charge in [-0.15, -0.1) is 5.10 Å². The van der Waals surface area contributed by atoms with Gasteiger partial charge in [-0.05, 0) is 19.4 Å². The number of carboxylic acids is 1. The Hall–Kier alpha value is -1.96. The maximum Gasteiger partial charge on any atom is 0.358 e. The predicted molar refractivity (Wildman–Crippen MR) is 70.1 cm³/mol. The number of carbonyl (C=O) groups excluding carboxylic acids is 1. The number of aromatic carboxylic acids is 1. The highest BCUT2D eigenvalue weighted by Gasteiger charge is 2.34. The molecular weight excluding hydrogens is 262 g/mol. The number of hydrogen-bond acceptors (Lipinski definition) is 5. The summed E-state index contributed by atoms with van der Waals surface area (Å²) in [6.45, 7) is 3.60. The third kappa shape index (κ3) is 2.96. The van der Waals surface area contributed by atoms with Crippen LogP contribution < -0.4 is 5.73 Å². The van der Waals surface area contributed by atoms with E-state index in [4.69, 9.17) is 10.8 Å². The van der Waals surface area contributed by atoms with Gasteiger partial charge in [0.25, 0.3) is 0 Å². The van der Waals surface area contributed by atoms with E-state index < -0.39 is 5.97 Å². The van der Waals surface area contributed by atoms with Crippen LogP contribution in [0.2, 0.25) is 0 Å². The summed E-state index contributed by atoms with van der Waals surface area (Å²) in [5, 5.41) is 16.1. The summed E-state index contributed by atoms with van der Waals surface area (Å²) in [5.74, 6) is -1.00. The van der Waals surface area contributed by atoms with E-state index >= 15 is 0 Å². The van der Waals surface area contributed by atoms with Crippen molar-refractivity contribution in [2.24, 2.45) is 11.7 Å². The molecule has 0 aliphatic carbocycles. The van der Waals surface area contributed by atoms with Gasteiger partial charge < -0.3 is 15.7 Å². The van der Waals surface area contributed by atoms with Gasteiger partial charge in [0.05, 0.1) is 12.2 Å². The smallest absolute Gasteiger partial charge is 0.358 e. The summed E-state index contributed by atoms with van der Waals surface area (Å²) in [6, 6.07) is 0.0151. The second-order valence-corrected chi connectivity index (χ2v) is 5.12. The first-order valence-corrected chi connectivity index (χ1v) is 6.67. The van der Waals surface area contributed by atoms with E-state index in [-0.39, 0.29) is 23.6 Å². The van der Waals surface area contributed by atoms with Crippen molar-refractivity contribution in [1.82, 2.24) is 19.9 Å². The lowest BCUT2D eigenvalue weighted by molar-refractivity contribution is -0.141. The Bertz CT molecular complexity index is 495. The molecule has 0 radical (unpaired) electrons. The highest BCUT2D eigenvalue weighted by molar-refractivity contribution is 5.84. The van der Waals surface area contributed by atoms with Gasteiger partial charge in [0.2, 0.25) is 5.91 Å². The van der Waals surface area contributed by atoms with Crippen LogP contribution in [0.15, 0.2) is 6.20 Å². The van der Waals surface area contributed by atoms with Crippen molar-refractivity contribution in [3.63, 3.8) is 0 Å². The largest absolute Gasteiger partial charge is 0.476 e. The normalized spacial score (nSPS) is 16.8. The third-order valence-corrected chi connectivity index (χ3v) is 3.54. The maximum atomic E-state index is 12.1. The fourth-order valence-corrected chi connectivity index (χ4v) is 2.21. The van der Waals surface area contributed by atoms with E-state index in [0.717, 1.165) is 12.8 Å². The number of carboxylic acid groups (broad SMARTS) is 1. The molecule has 1 amide bonds. The van der Waals surface area contributed by atoms with Crippen LogP contribution in [0.1, 0.15) is 36.3 Å². The van der Waals surface area contributed by atoms with Crippen LogP contribution in [-0.4, -0.2) is 56.5 Å². The first-order valence-electron chi connectivity index (χ1n) is 6.67. The number of rotatable bonds is 6. The van der Waals surface area contributed by atoms with Crippen molar-refractivity contribution in [2.45, 2.75) is 25.8 Å². The van der Waals surface area contributed by atoms with Crippen molar-refractivity contribution in [3.05, 3.63) is 11.9 Å². The van der Waals surface area contributed by atoms with E-state index in [9.17, 15) is 9.59 Å². The number of carbonyl (C=O) groups is 2. The summed E-state index contributed by atoms with van der Waals surface area (Å²) in [5.41, 5.74) is 5.36. The quantitative estimate of drug-likeness (QED) is 0.742. The minimum Gasteiger partial charge on any atom is -0.476 e. The summed E-state index contributed by atoms with van der Waals surface area (Å²) < 4.78 is 1.51. The number of hydrogen-bond donors (Lipinski definition) is 2. The molecule has 1 aromatic rings.